The zero-order valence-electron chi connectivity index (χ0n) is 41.7. The number of esters is 1. The van der Waals surface area contributed by atoms with Gasteiger partial charge in [0.2, 0.25) is 0 Å². The van der Waals surface area contributed by atoms with Crippen molar-refractivity contribution in [3.63, 3.8) is 0 Å². The summed E-state index contributed by atoms with van der Waals surface area (Å²) in [6.45, 7) is 16.1. The molecule has 2 fully saturated rings. The number of nitrogens with zero attached hydrogens (tertiary/aromatic N) is 9. The number of aliphatic hydroxyl groups is 1. The fraction of sp³-hybridized carbons (Fsp3) is 0.386. The maximum absolute atomic E-state index is 14.4. The van der Waals surface area contributed by atoms with Gasteiger partial charge in [0.25, 0.3) is 11.5 Å². The maximum Gasteiger partial charge on any atom is 0.343 e. The first-order valence-electron chi connectivity index (χ1n) is 25.3. The monoisotopic (exact) mass is 981 g/mol. The fourth-order valence-electron chi connectivity index (χ4n) is 11.7. The molecule has 3 aromatic carbocycles. The summed E-state index contributed by atoms with van der Waals surface area (Å²) in [5, 5.41) is 24.7. The highest BCUT2D eigenvalue weighted by Gasteiger charge is 2.45. The lowest BCUT2D eigenvalue weighted by Gasteiger charge is -2.42. The molecular formula is C57H59N9O7. The Hall–Kier alpha value is -7.61. The molecule has 73 heavy (non-hydrogen) atoms. The minimum absolute atomic E-state index is 0.0529. The van der Waals surface area contributed by atoms with E-state index in [4.69, 9.17) is 29.2 Å². The van der Waals surface area contributed by atoms with Crippen molar-refractivity contribution in [3.05, 3.63) is 135 Å². The van der Waals surface area contributed by atoms with Gasteiger partial charge in [-0.15, -0.1) is 6.58 Å². The van der Waals surface area contributed by atoms with Crippen LogP contribution in [0.1, 0.15) is 71.7 Å². The fourth-order valence-corrected chi connectivity index (χ4v) is 11.7. The lowest BCUT2D eigenvalue weighted by atomic mass is 9.86. The number of amides is 1. The number of pyridine rings is 2. The molecule has 3 aromatic heterocycles. The number of aromatic nitrogens is 4. The van der Waals surface area contributed by atoms with Crippen LogP contribution in [0.2, 0.25) is 0 Å². The number of allylic oxidation sites excluding steroid dienone is 1. The van der Waals surface area contributed by atoms with E-state index in [1.54, 1.807) is 28.5 Å². The van der Waals surface area contributed by atoms with Crippen molar-refractivity contribution < 1.29 is 28.9 Å². The van der Waals surface area contributed by atoms with Crippen LogP contribution >= 0.6 is 0 Å². The zero-order valence-corrected chi connectivity index (χ0v) is 41.7. The Kier molecular flexibility index (Phi) is 12.5. The summed E-state index contributed by atoms with van der Waals surface area (Å²) in [6, 6.07) is 22.7. The molecule has 3 atom stereocenters. The number of ether oxygens (including phenoxy) is 3. The molecule has 5 aliphatic heterocycles. The standard InChI is InChI=1S/C57H59N9O7/c1-6-11-40-42-26-37-28-66-48(27-44-43(54(66)68)33-72-55(69)57(44,70)7-2)51(37)59-45(42)17-18-49(40)71-31-35(4)53(67)65-25-24-64(29-38(65)19-21-58)52-41-20-23-63(47-16-9-14-36-13-8-12-34(3)50(36)47)30-46(41)60-56(61-52)73-32-39-15-10-22-62(39)5/h6,8-9,12-14,16-18,26-27,38-39,70H,1,4,7,10-11,15,19-20,22-25,28-33H2,2-3,5H3. The number of hydrogen-bond donors (Lipinski definition) is 1. The Morgan fingerprint density at radius 3 is 2.62 bits per heavy atom. The molecule has 5 aliphatic rings. The molecule has 0 radical (unpaired) electrons. The number of likely N-dealkylation sites (tertiary alicyclic amines) is 1. The van der Waals surface area contributed by atoms with Crippen LogP contribution in [-0.4, -0.2) is 111 Å². The lowest BCUT2D eigenvalue weighted by Crippen LogP contribution is -2.56. The Morgan fingerprint density at radius 1 is 1.00 bits per heavy atom. The summed E-state index contributed by atoms with van der Waals surface area (Å²) >= 11 is 0. The molecule has 1 amide bonds. The third-order valence-electron chi connectivity index (χ3n) is 15.7. The number of aryl methyl sites for hydroxylation is 1. The van der Waals surface area contributed by atoms with Gasteiger partial charge >= 0.3 is 12.0 Å². The van der Waals surface area contributed by atoms with Crippen molar-refractivity contribution in [1.29, 1.82) is 5.26 Å². The van der Waals surface area contributed by atoms with Crippen molar-refractivity contribution in [2.75, 3.05) is 62.8 Å². The number of likely N-dealkylation sites (N-methyl/N-ethyl adjacent to an activating group) is 1. The number of cyclic esters (lactones) is 1. The van der Waals surface area contributed by atoms with Crippen LogP contribution in [0.5, 0.6) is 11.8 Å². The van der Waals surface area contributed by atoms with E-state index < -0.39 is 17.6 Å². The van der Waals surface area contributed by atoms with E-state index in [0.717, 1.165) is 59.5 Å². The number of hydrogen-bond acceptors (Lipinski definition) is 14. The predicted molar refractivity (Wildman–Crippen MR) is 278 cm³/mol. The van der Waals surface area contributed by atoms with Crippen LogP contribution < -0.4 is 24.8 Å². The third-order valence-corrected chi connectivity index (χ3v) is 15.7. The van der Waals surface area contributed by atoms with Gasteiger partial charge in [0.1, 0.15) is 31.4 Å². The molecule has 0 bridgehead atoms. The molecule has 0 spiro atoms. The van der Waals surface area contributed by atoms with E-state index in [1.807, 2.05) is 18.2 Å². The number of piperazine rings is 1. The number of fused-ring (bicyclic) bond motifs is 7. The summed E-state index contributed by atoms with van der Waals surface area (Å²) < 4.78 is 19.7. The minimum Gasteiger partial charge on any atom is -0.488 e. The summed E-state index contributed by atoms with van der Waals surface area (Å²) in [4.78, 5) is 64.8. The quantitative estimate of drug-likeness (QED) is 0.0737. The lowest BCUT2D eigenvalue weighted by molar-refractivity contribution is -0.172. The van der Waals surface area contributed by atoms with Crippen LogP contribution in [0.15, 0.2) is 90.3 Å². The van der Waals surface area contributed by atoms with Crippen LogP contribution in [0, 0.1) is 18.3 Å². The Bertz CT molecular complexity index is 3380. The number of nitriles is 1. The predicted octanol–water partition coefficient (Wildman–Crippen LogP) is 6.66. The van der Waals surface area contributed by atoms with Gasteiger partial charge < -0.3 is 43.5 Å². The van der Waals surface area contributed by atoms with E-state index in [1.165, 1.54) is 22.0 Å². The van der Waals surface area contributed by atoms with E-state index >= 15 is 0 Å². The molecule has 3 unspecified atom stereocenters. The SMILES string of the molecule is C=CCc1c(OCC(=C)C(=O)N2CCN(c3nc(OCC4CCCN4C)nc4c3CCN(c3cccc5cccc(C)c35)C4)CC2CC#N)ccc2nc3c(cc12)Cn1c-3cc2c(c1=O)COC(=O)C2(O)CC. The Morgan fingerprint density at radius 2 is 1.84 bits per heavy atom. The van der Waals surface area contributed by atoms with E-state index in [9.17, 15) is 24.8 Å². The smallest absolute Gasteiger partial charge is 0.343 e. The van der Waals surface area contributed by atoms with E-state index in [-0.39, 0.29) is 66.8 Å². The third kappa shape index (κ3) is 8.34. The number of rotatable bonds is 13. The molecule has 16 heteroatoms. The Balaban J connectivity index is 0.822. The molecule has 1 N–H and O–H groups in total. The van der Waals surface area contributed by atoms with Crippen LogP contribution in [0.25, 0.3) is 33.1 Å². The second-order valence-electron chi connectivity index (χ2n) is 20.0. The first-order valence-corrected chi connectivity index (χ1v) is 25.3. The molecule has 8 heterocycles. The number of anilines is 2. The normalized spacial score (nSPS) is 20.3. The molecule has 11 rings (SSSR count). The van der Waals surface area contributed by atoms with Gasteiger partial charge in [0.15, 0.2) is 5.60 Å². The second kappa shape index (κ2) is 19.1. The summed E-state index contributed by atoms with van der Waals surface area (Å²) in [5.41, 5.74) is 6.26. The van der Waals surface area contributed by atoms with Gasteiger partial charge in [-0.25, -0.2) is 9.78 Å². The summed E-state index contributed by atoms with van der Waals surface area (Å²) in [6.07, 6.45) is 5.27. The van der Waals surface area contributed by atoms with Crippen molar-refractivity contribution in [2.24, 2.45) is 0 Å². The molecule has 0 saturated carbocycles. The highest BCUT2D eigenvalue weighted by molar-refractivity contribution is 5.97. The van der Waals surface area contributed by atoms with E-state index in [0.29, 0.717) is 74.3 Å². The van der Waals surface area contributed by atoms with Gasteiger partial charge in [-0.2, -0.15) is 15.2 Å². The van der Waals surface area contributed by atoms with Crippen LogP contribution in [0.3, 0.4) is 0 Å². The number of carbonyl (C=O) groups is 2. The van der Waals surface area contributed by atoms with Crippen LogP contribution in [0.4, 0.5) is 11.5 Å². The van der Waals surface area contributed by atoms with Crippen molar-refractivity contribution in [1.82, 2.24) is 29.3 Å². The highest BCUT2D eigenvalue weighted by atomic mass is 16.6. The van der Waals surface area contributed by atoms with Gasteiger partial charge in [0, 0.05) is 76.5 Å². The largest absolute Gasteiger partial charge is 0.488 e. The van der Waals surface area contributed by atoms with Gasteiger partial charge in [-0.05, 0) is 93.9 Å². The zero-order chi connectivity index (χ0) is 50.7. The molecule has 16 nitrogen and oxygen atoms in total. The first-order chi connectivity index (χ1) is 35.4. The van der Waals surface area contributed by atoms with Gasteiger partial charge in [0.05, 0.1) is 59.8 Å². The Labute approximate surface area is 423 Å². The second-order valence-corrected chi connectivity index (χ2v) is 20.0. The first kappa shape index (κ1) is 47.7. The number of benzene rings is 3. The van der Waals surface area contributed by atoms with Crippen molar-refractivity contribution in [3.8, 4) is 29.2 Å². The van der Waals surface area contributed by atoms with Crippen molar-refractivity contribution in [2.45, 2.75) is 89.8 Å². The average Bonchev–Trinajstić information content (AvgIpc) is 3.99. The van der Waals surface area contributed by atoms with E-state index in [2.05, 4.69) is 84.3 Å². The maximum atomic E-state index is 14.4. The molecular weight excluding hydrogens is 923 g/mol. The molecule has 2 saturated heterocycles. The highest BCUT2D eigenvalue weighted by Crippen LogP contribution is 2.41. The molecule has 374 valence electrons. The number of carbonyl (C=O) groups excluding carboxylic acids is 2. The topological polar surface area (TPSA) is 179 Å². The van der Waals surface area contributed by atoms with Gasteiger partial charge in [-0.1, -0.05) is 49.9 Å². The van der Waals surface area contributed by atoms with Crippen LogP contribution in [-0.2, 0) is 52.5 Å². The molecule has 0 aliphatic carbocycles. The minimum atomic E-state index is -1.92. The average molecular weight is 982 g/mol. The summed E-state index contributed by atoms with van der Waals surface area (Å²) in [5.74, 6) is 0.274. The molecule has 6 aromatic rings. The summed E-state index contributed by atoms with van der Waals surface area (Å²) in [7, 11) is 2.13. The van der Waals surface area contributed by atoms with Gasteiger partial charge in [-0.3, -0.25) is 9.59 Å². The van der Waals surface area contributed by atoms with Crippen molar-refractivity contribution >= 4 is 45.1 Å².